The molecule has 0 aliphatic heterocycles. The van der Waals surface area contributed by atoms with Gasteiger partial charge in [-0.1, -0.05) is 11.6 Å². The fourth-order valence-corrected chi connectivity index (χ4v) is 1.96. The largest absolute Gasteiger partial charge is 0.497 e. The molecule has 0 spiro atoms. The van der Waals surface area contributed by atoms with Gasteiger partial charge in [0.25, 0.3) is 11.7 Å². The number of carbonyl (C=O) groups excluding carboxylic acids is 2. The van der Waals surface area contributed by atoms with E-state index >= 15 is 0 Å². The van der Waals surface area contributed by atoms with Gasteiger partial charge < -0.3 is 9.64 Å². The summed E-state index contributed by atoms with van der Waals surface area (Å²) in [5, 5.41) is 0. The quantitative estimate of drug-likeness (QED) is 0.593. The van der Waals surface area contributed by atoms with Crippen LogP contribution in [0.5, 0.6) is 5.75 Å². The number of ketones is 1. The monoisotopic (exact) mass is 319 g/mol. The Hall–Kier alpha value is -1.60. The number of Topliss-reactive ketones (excluding diaryl/α,β-unsaturated/α-hetero) is 1. The molecule has 1 atom stereocenters. The van der Waals surface area contributed by atoms with Crippen molar-refractivity contribution in [2.24, 2.45) is 0 Å². The molecule has 0 radical (unpaired) electrons. The van der Waals surface area contributed by atoms with E-state index < -0.39 is 26.2 Å². The lowest BCUT2D eigenvalue weighted by molar-refractivity contribution is -0.135. The number of alkyl halides is 1. The molecule has 20 heavy (non-hydrogen) atoms. The molecule has 1 aromatic carbocycles. The number of methoxy groups -OCH3 is 1. The van der Waals surface area contributed by atoms with E-state index in [9.17, 15) is 18.0 Å². The molecule has 1 rings (SSSR count). The zero-order valence-corrected chi connectivity index (χ0v) is 12.7. The molecule has 1 aromatic rings. The molecule has 0 aliphatic carbocycles. The van der Waals surface area contributed by atoms with Crippen molar-refractivity contribution in [2.45, 2.75) is 4.71 Å². The van der Waals surface area contributed by atoms with Crippen LogP contribution in [-0.2, 0) is 19.4 Å². The molecule has 6 nitrogen and oxygen atoms in total. The summed E-state index contributed by atoms with van der Waals surface area (Å²) in [6, 6.07) is 6.35. The van der Waals surface area contributed by atoms with E-state index in [2.05, 4.69) is 0 Å². The molecular weight excluding hydrogens is 306 g/mol. The Morgan fingerprint density at radius 3 is 2.15 bits per heavy atom. The number of sulfone groups is 1. The minimum atomic E-state index is -3.83. The second kappa shape index (κ2) is 6.23. The van der Waals surface area contributed by atoms with Crippen LogP contribution in [-0.4, -0.2) is 45.2 Å². The van der Waals surface area contributed by atoms with Gasteiger partial charge in [-0.25, -0.2) is 8.42 Å². The maximum absolute atomic E-state index is 11.9. The van der Waals surface area contributed by atoms with Crippen molar-refractivity contribution in [1.29, 1.82) is 0 Å². The first-order chi connectivity index (χ1) is 9.18. The Morgan fingerprint density at radius 1 is 1.25 bits per heavy atom. The Labute approximate surface area is 122 Å². The van der Waals surface area contributed by atoms with Crippen molar-refractivity contribution in [1.82, 2.24) is 0 Å². The van der Waals surface area contributed by atoms with Gasteiger partial charge in [-0.3, -0.25) is 9.59 Å². The summed E-state index contributed by atoms with van der Waals surface area (Å²) in [5.41, 5.74) is 0.418. The third-order valence-corrected chi connectivity index (χ3v) is 4.69. The SMILES string of the molecule is COc1ccc(N(C)C(=O)C(=O)[C@@H](Cl)S(C)(=O)=O)cc1. The highest BCUT2D eigenvalue weighted by atomic mass is 35.5. The number of rotatable bonds is 5. The fourth-order valence-electron chi connectivity index (χ4n) is 1.38. The van der Waals surface area contributed by atoms with Gasteiger partial charge in [0.15, 0.2) is 9.84 Å². The first-order valence-corrected chi connectivity index (χ1v) is 7.86. The van der Waals surface area contributed by atoms with Crippen LogP contribution in [0.15, 0.2) is 24.3 Å². The van der Waals surface area contributed by atoms with Crippen molar-refractivity contribution < 1.29 is 22.7 Å². The van der Waals surface area contributed by atoms with Crippen molar-refractivity contribution in [3.8, 4) is 5.75 Å². The number of likely N-dealkylation sites (N-methyl/N-ethyl adjacent to an activating group) is 1. The Morgan fingerprint density at radius 2 is 1.75 bits per heavy atom. The van der Waals surface area contributed by atoms with Gasteiger partial charge in [-0.15, -0.1) is 0 Å². The maximum atomic E-state index is 11.9. The standard InChI is InChI=1S/C12H14ClNO5S/c1-14(8-4-6-9(19-2)7-5-8)12(16)10(15)11(13)20(3,17)18/h4-7,11H,1-3H3/t11-/m0/s1. The minimum absolute atomic E-state index is 0.418. The highest BCUT2D eigenvalue weighted by Gasteiger charge is 2.33. The van der Waals surface area contributed by atoms with E-state index in [-0.39, 0.29) is 0 Å². The van der Waals surface area contributed by atoms with E-state index in [1.807, 2.05) is 0 Å². The smallest absolute Gasteiger partial charge is 0.296 e. The second-order valence-electron chi connectivity index (χ2n) is 4.07. The molecule has 0 aliphatic rings. The summed E-state index contributed by atoms with van der Waals surface area (Å²) < 4.78 is 25.4. The van der Waals surface area contributed by atoms with Crippen LogP contribution in [0, 0.1) is 0 Å². The normalized spacial score (nSPS) is 12.6. The molecule has 110 valence electrons. The van der Waals surface area contributed by atoms with Crippen LogP contribution in [0.4, 0.5) is 5.69 Å². The molecule has 0 bridgehead atoms. The predicted octanol–water partition coefficient (Wildman–Crippen LogP) is 0.837. The Balaban J connectivity index is 2.93. The number of ether oxygens (including phenoxy) is 1. The minimum Gasteiger partial charge on any atom is -0.497 e. The molecule has 0 aromatic heterocycles. The van der Waals surface area contributed by atoms with Gasteiger partial charge in [0, 0.05) is 19.0 Å². The van der Waals surface area contributed by atoms with Gasteiger partial charge in [0.1, 0.15) is 5.75 Å². The van der Waals surface area contributed by atoms with Gasteiger partial charge >= 0.3 is 0 Å². The van der Waals surface area contributed by atoms with Crippen LogP contribution in [0.3, 0.4) is 0 Å². The molecule has 0 heterocycles. The summed E-state index contributed by atoms with van der Waals surface area (Å²) in [7, 11) is -0.972. The Bertz CT molecular complexity index is 611. The first-order valence-electron chi connectivity index (χ1n) is 5.47. The van der Waals surface area contributed by atoms with Gasteiger partial charge in [-0.05, 0) is 24.3 Å². The third-order valence-electron chi connectivity index (χ3n) is 2.56. The Kier molecular flexibility index (Phi) is 5.13. The fraction of sp³-hybridized carbons (Fsp3) is 0.333. The first kappa shape index (κ1) is 16.5. The van der Waals surface area contributed by atoms with Crippen LogP contribution >= 0.6 is 11.6 Å². The second-order valence-corrected chi connectivity index (χ2v) is 6.90. The molecule has 0 fully saturated rings. The molecule has 0 saturated heterocycles. The summed E-state index contributed by atoms with van der Waals surface area (Å²) in [5.74, 6) is -1.60. The summed E-state index contributed by atoms with van der Waals surface area (Å²) in [6.45, 7) is 0. The maximum Gasteiger partial charge on any atom is 0.296 e. The van der Waals surface area contributed by atoms with Gasteiger partial charge in [0.2, 0.25) is 4.71 Å². The number of halogens is 1. The predicted molar refractivity (Wildman–Crippen MR) is 75.9 cm³/mol. The number of hydrogen-bond acceptors (Lipinski definition) is 5. The van der Waals surface area contributed by atoms with Crippen LogP contribution in [0.2, 0.25) is 0 Å². The molecule has 8 heteroatoms. The number of benzene rings is 1. The van der Waals surface area contributed by atoms with Crippen molar-refractivity contribution in [3.05, 3.63) is 24.3 Å². The lowest BCUT2D eigenvalue weighted by atomic mass is 10.2. The zero-order chi connectivity index (χ0) is 15.5. The number of amides is 1. The summed E-state index contributed by atoms with van der Waals surface area (Å²) >= 11 is 5.48. The molecule has 1 amide bonds. The highest BCUT2D eigenvalue weighted by Crippen LogP contribution is 2.19. The van der Waals surface area contributed by atoms with E-state index in [1.165, 1.54) is 14.2 Å². The van der Waals surface area contributed by atoms with Crippen molar-refractivity contribution in [2.75, 3.05) is 25.3 Å². The average Bonchev–Trinajstić information content (AvgIpc) is 2.43. The number of nitrogens with zero attached hydrogens (tertiary/aromatic N) is 1. The molecule has 0 saturated carbocycles. The van der Waals surface area contributed by atoms with Crippen molar-refractivity contribution in [3.63, 3.8) is 0 Å². The summed E-state index contributed by atoms with van der Waals surface area (Å²) in [6.07, 6.45) is 0.795. The van der Waals surface area contributed by atoms with Gasteiger partial charge in [-0.2, -0.15) is 0 Å². The third kappa shape index (κ3) is 3.71. The van der Waals surface area contributed by atoms with Crippen molar-refractivity contribution >= 4 is 38.8 Å². The molecule has 0 unspecified atom stereocenters. The molecular formula is C12H14ClNO5S. The lowest BCUT2D eigenvalue weighted by Gasteiger charge is -2.17. The van der Waals surface area contributed by atoms with Crippen LogP contribution in [0.25, 0.3) is 0 Å². The topological polar surface area (TPSA) is 80.8 Å². The van der Waals surface area contributed by atoms with Crippen LogP contribution in [0.1, 0.15) is 0 Å². The van der Waals surface area contributed by atoms with E-state index in [0.29, 0.717) is 11.4 Å². The van der Waals surface area contributed by atoms with E-state index in [1.54, 1.807) is 24.3 Å². The lowest BCUT2D eigenvalue weighted by Crippen LogP contribution is -2.40. The number of carbonyl (C=O) groups is 2. The van der Waals surface area contributed by atoms with Crippen LogP contribution < -0.4 is 9.64 Å². The molecule has 0 N–H and O–H groups in total. The van der Waals surface area contributed by atoms with E-state index in [0.717, 1.165) is 11.2 Å². The zero-order valence-electron chi connectivity index (χ0n) is 11.2. The number of anilines is 1. The van der Waals surface area contributed by atoms with Gasteiger partial charge in [0.05, 0.1) is 7.11 Å². The highest BCUT2D eigenvalue weighted by molar-refractivity contribution is 7.93. The van der Waals surface area contributed by atoms with E-state index in [4.69, 9.17) is 16.3 Å². The average molecular weight is 320 g/mol. The summed E-state index contributed by atoms with van der Waals surface area (Å²) in [4.78, 5) is 24.6. The number of hydrogen-bond donors (Lipinski definition) is 0.